The van der Waals surface area contributed by atoms with E-state index in [1.54, 1.807) is 11.0 Å². The third-order valence-corrected chi connectivity index (χ3v) is 4.52. The molecule has 1 aromatic carbocycles. The second-order valence-electron chi connectivity index (χ2n) is 6.03. The van der Waals surface area contributed by atoms with Gasteiger partial charge in [-0.1, -0.05) is 18.5 Å². The van der Waals surface area contributed by atoms with E-state index in [1.165, 1.54) is 0 Å². The van der Waals surface area contributed by atoms with Crippen molar-refractivity contribution in [3.8, 4) is 11.5 Å². The number of amides is 1. The molecule has 7 nitrogen and oxygen atoms in total. The zero-order valence-corrected chi connectivity index (χ0v) is 13.5. The summed E-state index contributed by atoms with van der Waals surface area (Å²) >= 11 is 4.02. The van der Waals surface area contributed by atoms with Crippen LogP contribution in [0.3, 0.4) is 0 Å². The minimum Gasteiger partial charge on any atom is -0.667 e. The van der Waals surface area contributed by atoms with Gasteiger partial charge in [-0.15, -0.1) is 0 Å². The lowest BCUT2D eigenvalue weighted by molar-refractivity contribution is -0.140. The number of carbonyl (C=O) groups excluding carboxylic acids is 1. The van der Waals surface area contributed by atoms with Gasteiger partial charge in [-0.2, -0.15) is 12.6 Å². The van der Waals surface area contributed by atoms with Crippen LogP contribution in [0.5, 0.6) is 11.5 Å². The quantitative estimate of drug-likeness (QED) is 0.431. The molecular formula is C14H20BN2O5S-. The highest BCUT2D eigenvalue weighted by atomic mass is 32.1. The summed E-state index contributed by atoms with van der Waals surface area (Å²) in [7, 11) is 0. The van der Waals surface area contributed by atoms with Crippen LogP contribution in [0.15, 0.2) is 18.2 Å². The number of thiol groups is 1. The molecule has 0 unspecified atom stereocenters. The normalized spacial score (nSPS) is 21.0. The van der Waals surface area contributed by atoms with Crippen LogP contribution in [0.25, 0.3) is 0 Å². The number of hydrogen-bond acceptors (Lipinski definition) is 7. The van der Waals surface area contributed by atoms with Gasteiger partial charge in [-0.25, -0.2) is 0 Å². The fourth-order valence-electron chi connectivity index (χ4n) is 2.76. The van der Waals surface area contributed by atoms with Crippen LogP contribution in [0, 0.1) is 0 Å². The molecule has 126 valence electrons. The highest BCUT2D eigenvalue weighted by Crippen LogP contribution is 2.38. The Morgan fingerprint density at radius 1 is 1.52 bits per heavy atom. The lowest BCUT2D eigenvalue weighted by Gasteiger charge is -2.42. The van der Waals surface area contributed by atoms with E-state index in [0.717, 1.165) is 5.56 Å². The molecule has 9 heteroatoms. The van der Waals surface area contributed by atoms with Gasteiger partial charge in [0.15, 0.2) is 5.75 Å². The van der Waals surface area contributed by atoms with Crippen molar-refractivity contribution in [3.63, 3.8) is 0 Å². The number of rotatable bonds is 4. The number of nitrogens with two attached hydrogens (primary N) is 1. The van der Waals surface area contributed by atoms with E-state index in [4.69, 9.17) is 15.1 Å². The fraction of sp³-hybridized carbons (Fsp3) is 0.500. The average molecular weight is 339 g/mol. The van der Waals surface area contributed by atoms with E-state index in [1.807, 2.05) is 12.1 Å². The van der Waals surface area contributed by atoms with Crippen LogP contribution in [-0.2, 0) is 11.2 Å². The van der Waals surface area contributed by atoms with Crippen LogP contribution >= 0.6 is 12.6 Å². The summed E-state index contributed by atoms with van der Waals surface area (Å²) in [6.07, 6.45) is 0.525. The maximum Gasteiger partial charge on any atom is 0.430 e. The maximum absolute atomic E-state index is 11.9. The second-order valence-corrected chi connectivity index (χ2v) is 6.40. The first kappa shape index (κ1) is 16.4. The van der Waals surface area contributed by atoms with Crippen molar-refractivity contribution in [1.82, 2.24) is 4.90 Å². The average Bonchev–Trinajstić information content (AvgIpc) is 2.48. The van der Waals surface area contributed by atoms with E-state index in [-0.39, 0.29) is 18.3 Å². The number of carbonyl (C=O) groups is 1. The number of likely N-dealkylation sites (tertiary alicyclic amines) is 1. The van der Waals surface area contributed by atoms with Crippen LogP contribution in [0.1, 0.15) is 5.56 Å². The molecule has 0 spiro atoms. The van der Waals surface area contributed by atoms with Crippen molar-refractivity contribution >= 4 is 25.3 Å². The van der Waals surface area contributed by atoms with E-state index < -0.39 is 12.8 Å². The smallest absolute Gasteiger partial charge is 0.430 e. The van der Waals surface area contributed by atoms with Gasteiger partial charge in [-0.05, 0) is 18.1 Å². The highest BCUT2D eigenvalue weighted by Gasteiger charge is 2.36. The van der Waals surface area contributed by atoms with Crippen molar-refractivity contribution in [2.24, 2.45) is 5.73 Å². The Hall–Kier alpha value is -1.42. The molecule has 0 radical (unpaired) electrons. The van der Waals surface area contributed by atoms with Gasteiger partial charge in [0.1, 0.15) is 11.9 Å². The summed E-state index contributed by atoms with van der Waals surface area (Å²) in [5, 5.41) is 19.4. The largest absolute Gasteiger partial charge is 0.667 e. The number of aryl methyl sites for hydroxylation is 1. The SMILES string of the molecule is N[C@H](CS)C(=O)N1CC(Oc2cccc3c2O[B-](O)(O)CC3)C1. The Kier molecular flexibility index (Phi) is 4.46. The maximum atomic E-state index is 11.9. The van der Waals surface area contributed by atoms with E-state index in [2.05, 4.69) is 12.6 Å². The van der Waals surface area contributed by atoms with Crippen molar-refractivity contribution in [3.05, 3.63) is 23.8 Å². The minimum absolute atomic E-state index is 0.140. The number of hydrogen-bond donors (Lipinski definition) is 4. The van der Waals surface area contributed by atoms with Gasteiger partial charge in [0, 0.05) is 5.75 Å². The van der Waals surface area contributed by atoms with E-state index >= 15 is 0 Å². The summed E-state index contributed by atoms with van der Waals surface area (Å²) in [5.41, 5.74) is 6.55. The molecule has 4 N–H and O–H groups in total. The molecule has 3 rings (SSSR count). The van der Waals surface area contributed by atoms with Crippen LogP contribution in [0.4, 0.5) is 0 Å². The standard InChI is InChI=1S/C14H20BN2O5S/c16-11(8-23)14(18)17-6-10(7-17)21-12-3-1-2-9-4-5-15(19,20)22-13(9)12/h1-3,10-11,19-20,23H,4-8,16H2/q-1/t11-/m1/s1. The summed E-state index contributed by atoms with van der Waals surface area (Å²) in [5.74, 6) is 1.00. The molecule has 0 saturated carbocycles. The molecule has 0 aromatic heterocycles. The van der Waals surface area contributed by atoms with Gasteiger partial charge in [0.25, 0.3) is 0 Å². The molecule has 1 aromatic rings. The van der Waals surface area contributed by atoms with Crippen LogP contribution in [0.2, 0.25) is 6.32 Å². The van der Waals surface area contributed by atoms with Crippen LogP contribution in [-0.4, -0.2) is 58.6 Å². The Balaban J connectivity index is 1.64. The Bertz CT molecular complexity index is 609. The predicted molar refractivity (Wildman–Crippen MR) is 88.6 cm³/mol. The second kappa shape index (κ2) is 6.24. The third kappa shape index (κ3) is 3.42. The van der Waals surface area contributed by atoms with Gasteiger partial charge < -0.3 is 30.1 Å². The molecule has 1 amide bonds. The molecule has 0 bridgehead atoms. The number of fused-ring (bicyclic) bond motifs is 1. The molecule has 2 aliphatic heterocycles. The Morgan fingerprint density at radius 2 is 2.26 bits per heavy atom. The Morgan fingerprint density at radius 3 is 2.96 bits per heavy atom. The first-order chi connectivity index (χ1) is 10.9. The fourth-order valence-corrected chi connectivity index (χ4v) is 2.92. The minimum atomic E-state index is -2.83. The number of ether oxygens (including phenoxy) is 1. The van der Waals surface area contributed by atoms with Gasteiger partial charge in [0.2, 0.25) is 5.91 Å². The molecule has 1 atom stereocenters. The van der Waals surface area contributed by atoms with Gasteiger partial charge in [0.05, 0.1) is 19.1 Å². The van der Waals surface area contributed by atoms with Crippen molar-refractivity contribution in [1.29, 1.82) is 0 Å². The van der Waals surface area contributed by atoms with Crippen molar-refractivity contribution < 1.29 is 24.2 Å². The highest BCUT2D eigenvalue weighted by molar-refractivity contribution is 7.80. The van der Waals surface area contributed by atoms with Gasteiger partial charge >= 0.3 is 6.75 Å². The zero-order chi connectivity index (χ0) is 16.6. The van der Waals surface area contributed by atoms with Crippen LogP contribution < -0.4 is 15.1 Å². The summed E-state index contributed by atoms with van der Waals surface area (Å²) < 4.78 is 11.1. The summed E-state index contributed by atoms with van der Waals surface area (Å²) in [6, 6.07) is 4.83. The first-order valence-corrected chi connectivity index (χ1v) is 8.26. The first-order valence-electron chi connectivity index (χ1n) is 7.63. The third-order valence-electron chi connectivity index (χ3n) is 4.12. The molecule has 2 aliphatic rings. The monoisotopic (exact) mass is 339 g/mol. The lowest BCUT2D eigenvalue weighted by atomic mass is 9.70. The lowest BCUT2D eigenvalue weighted by Crippen LogP contribution is -2.60. The number of para-hydroxylation sites is 1. The van der Waals surface area contributed by atoms with E-state index in [9.17, 15) is 14.8 Å². The molecular weight excluding hydrogens is 319 g/mol. The molecule has 0 aliphatic carbocycles. The topological polar surface area (TPSA) is 105 Å². The number of nitrogens with zero attached hydrogens (tertiary/aromatic N) is 1. The summed E-state index contributed by atoms with van der Waals surface area (Å²) in [6.45, 7) is -1.95. The zero-order valence-electron chi connectivity index (χ0n) is 12.6. The van der Waals surface area contributed by atoms with E-state index in [0.29, 0.717) is 36.8 Å². The molecule has 1 fully saturated rings. The Labute approximate surface area is 139 Å². The summed E-state index contributed by atoms with van der Waals surface area (Å²) in [4.78, 5) is 13.5. The molecule has 2 heterocycles. The number of benzene rings is 1. The molecule has 23 heavy (non-hydrogen) atoms. The van der Waals surface area contributed by atoms with Gasteiger partial charge in [-0.3, -0.25) is 4.79 Å². The predicted octanol–water partition coefficient (Wildman–Crippen LogP) is -0.608. The molecule has 1 saturated heterocycles. The van der Waals surface area contributed by atoms with Crippen molar-refractivity contribution in [2.75, 3.05) is 18.8 Å². The van der Waals surface area contributed by atoms with Crippen molar-refractivity contribution in [2.45, 2.75) is 24.9 Å².